The molecule has 0 atom stereocenters. The average Bonchev–Trinajstić information content (AvgIpc) is 2.88. The number of hydrogen-bond acceptors (Lipinski definition) is 8. The van der Waals surface area contributed by atoms with Crippen molar-refractivity contribution in [1.29, 1.82) is 0 Å². The van der Waals surface area contributed by atoms with Gasteiger partial charge in [0.15, 0.2) is 18.1 Å². The second-order valence-corrected chi connectivity index (χ2v) is 8.41. The number of nitrogens with zero attached hydrogens (tertiary/aromatic N) is 1. The van der Waals surface area contributed by atoms with E-state index in [2.05, 4.69) is 0 Å². The summed E-state index contributed by atoms with van der Waals surface area (Å²) in [5.74, 6) is -1.79. The fourth-order valence-corrected chi connectivity index (χ4v) is 4.04. The summed E-state index contributed by atoms with van der Waals surface area (Å²) in [6.07, 6.45) is 1.15. The Hall–Kier alpha value is -2.28. The van der Waals surface area contributed by atoms with Crippen LogP contribution in [0.2, 0.25) is 0 Å². The standard InChI is InChI=1S/C19H20INO8S/c1-4-27-13-6-11(5-12(20)17(13)28-9-15(22)23)7-14-18(25)21(19(26)30-14)8-16(24)29-10(2)3/h5-7,10H,4,8-9H2,1-3H3,(H,22,23)/b14-7-. The van der Waals surface area contributed by atoms with Gasteiger partial charge in [-0.05, 0) is 78.9 Å². The molecule has 1 aliphatic rings. The van der Waals surface area contributed by atoms with Crippen molar-refractivity contribution < 1.29 is 38.5 Å². The number of rotatable bonds is 9. The van der Waals surface area contributed by atoms with E-state index in [-0.39, 0.29) is 16.8 Å². The number of benzene rings is 1. The molecule has 0 aromatic heterocycles. The van der Waals surface area contributed by atoms with Crippen LogP contribution in [0.1, 0.15) is 26.3 Å². The normalized spacial score (nSPS) is 15.1. The number of carbonyl (C=O) groups is 4. The van der Waals surface area contributed by atoms with Gasteiger partial charge in [0, 0.05) is 0 Å². The fourth-order valence-electron chi connectivity index (χ4n) is 2.43. The van der Waals surface area contributed by atoms with Gasteiger partial charge in [0.2, 0.25) is 0 Å². The van der Waals surface area contributed by atoms with E-state index in [1.165, 1.54) is 6.08 Å². The zero-order valence-corrected chi connectivity index (χ0v) is 19.4. The number of aliphatic carboxylic acids is 1. The first-order chi connectivity index (χ1) is 14.1. The lowest BCUT2D eigenvalue weighted by molar-refractivity contribution is -0.149. The van der Waals surface area contributed by atoms with Crippen LogP contribution in [0.15, 0.2) is 17.0 Å². The van der Waals surface area contributed by atoms with Crippen LogP contribution >= 0.6 is 34.4 Å². The number of carbonyl (C=O) groups excluding carboxylic acids is 3. The molecule has 1 heterocycles. The third-order valence-electron chi connectivity index (χ3n) is 3.50. The van der Waals surface area contributed by atoms with E-state index < -0.39 is 36.2 Å². The molecule has 1 aromatic rings. The van der Waals surface area contributed by atoms with Crippen molar-refractivity contribution in [2.75, 3.05) is 19.8 Å². The maximum atomic E-state index is 12.6. The van der Waals surface area contributed by atoms with Gasteiger partial charge in [-0.1, -0.05) is 0 Å². The lowest BCUT2D eigenvalue weighted by atomic mass is 10.2. The van der Waals surface area contributed by atoms with Crippen molar-refractivity contribution in [3.8, 4) is 11.5 Å². The van der Waals surface area contributed by atoms with E-state index in [9.17, 15) is 19.2 Å². The molecule has 1 N–H and O–H groups in total. The van der Waals surface area contributed by atoms with Gasteiger partial charge in [-0.3, -0.25) is 19.3 Å². The van der Waals surface area contributed by atoms with Crippen LogP contribution in [-0.4, -0.2) is 59.0 Å². The van der Waals surface area contributed by atoms with Gasteiger partial charge in [0.1, 0.15) is 6.54 Å². The Labute approximate surface area is 190 Å². The molecule has 0 radical (unpaired) electrons. The smallest absolute Gasteiger partial charge is 0.341 e. The number of carboxylic acid groups (broad SMARTS) is 1. The van der Waals surface area contributed by atoms with Crippen molar-refractivity contribution in [3.63, 3.8) is 0 Å². The Kier molecular flexibility index (Phi) is 8.53. The van der Waals surface area contributed by atoms with Gasteiger partial charge < -0.3 is 19.3 Å². The molecule has 30 heavy (non-hydrogen) atoms. The Balaban J connectivity index is 2.27. The second-order valence-electron chi connectivity index (χ2n) is 6.25. The van der Waals surface area contributed by atoms with Gasteiger partial charge in [-0.2, -0.15) is 0 Å². The number of carboxylic acids is 1. The summed E-state index contributed by atoms with van der Waals surface area (Å²) < 4.78 is 16.4. The van der Waals surface area contributed by atoms with Crippen molar-refractivity contribution in [2.24, 2.45) is 0 Å². The van der Waals surface area contributed by atoms with E-state index in [0.717, 1.165) is 16.7 Å². The van der Waals surface area contributed by atoms with E-state index >= 15 is 0 Å². The van der Waals surface area contributed by atoms with Gasteiger partial charge in [0.05, 0.1) is 21.2 Å². The number of thioether (sulfide) groups is 1. The van der Waals surface area contributed by atoms with Crippen LogP contribution in [0.3, 0.4) is 0 Å². The molecule has 0 spiro atoms. The molecule has 162 valence electrons. The van der Waals surface area contributed by atoms with Crippen LogP contribution in [0.25, 0.3) is 6.08 Å². The maximum absolute atomic E-state index is 12.6. The summed E-state index contributed by atoms with van der Waals surface area (Å²) >= 11 is 2.69. The number of ether oxygens (including phenoxy) is 3. The minimum atomic E-state index is -1.12. The lowest BCUT2D eigenvalue weighted by Crippen LogP contribution is -2.35. The Bertz CT molecular complexity index is 899. The summed E-state index contributed by atoms with van der Waals surface area (Å²) in [5.41, 5.74) is 0.556. The maximum Gasteiger partial charge on any atom is 0.341 e. The zero-order valence-electron chi connectivity index (χ0n) is 16.5. The predicted molar refractivity (Wildman–Crippen MR) is 117 cm³/mol. The highest BCUT2D eigenvalue weighted by Crippen LogP contribution is 2.37. The monoisotopic (exact) mass is 549 g/mol. The van der Waals surface area contributed by atoms with Crippen LogP contribution in [0.5, 0.6) is 11.5 Å². The number of esters is 1. The van der Waals surface area contributed by atoms with Gasteiger partial charge in [-0.15, -0.1) is 0 Å². The van der Waals surface area contributed by atoms with Crippen LogP contribution in [0.4, 0.5) is 4.79 Å². The van der Waals surface area contributed by atoms with Gasteiger partial charge >= 0.3 is 11.9 Å². The molecule has 0 unspecified atom stereocenters. The first kappa shape index (κ1) is 24.0. The quantitative estimate of drug-likeness (QED) is 0.282. The molecular weight excluding hydrogens is 529 g/mol. The van der Waals surface area contributed by atoms with E-state index in [1.807, 2.05) is 22.6 Å². The Morgan fingerprint density at radius 3 is 2.57 bits per heavy atom. The first-order valence-electron chi connectivity index (χ1n) is 8.88. The molecular formula is C19H20INO8S. The highest BCUT2D eigenvalue weighted by molar-refractivity contribution is 14.1. The summed E-state index contributed by atoms with van der Waals surface area (Å²) in [5, 5.41) is 8.27. The minimum absolute atomic E-state index is 0.148. The third-order valence-corrected chi connectivity index (χ3v) is 5.21. The number of amides is 2. The van der Waals surface area contributed by atoms with Crippen LogP contribution in [-0.2, 0) is 19.1 Å². The lowest BCUT2D eigenvalue weighted by Gasteiger charge is -2.14. The van der Waals surface area contributed by atoms with Gasteiger partial charge in [0.25, 0.3) is 11.1 Å². The highest BCUT2D eigenvalue weighted by atomic mass is 127. The molecule has 1 fully saturated rings. The van der Waals surface area contributed by atoms with Crippen LogP contribution in [0, 0.1) is 3.57 Å². The largest absolute Gasteiger partial charge is 0.490 e. The number of imide groups is 1. The second kappa shape index (κ2) is 10.7. The highest BCUT2D eigenvalue weighted by Gasteiger charge is 2.36. The zero-order chi connectivity index (χ0) is 22.4. The SMILES string of the molecule is CCOc1cc(/C=C2\SC(=O)N(CC(=O)OC(C)C)C2=O)cc(I)c1OCC(=O)O. The minimum Gasteiger partial charge on any atom is -0.490 e. The summed E-state index contributed by atoms with van der Waals surface area (Å²) in [4.78, 5) is 48.3. The fraction of sp³-hybridized carbons (Fsp3) is 0.368. The van der Waals surface area contributed by atoms with Crippen molar-refractivity contribution in [3.05, 3.63) is 26.2 Å². The number of halogens is 1. The summed E-state index contributed by atoms with van der Waals surface area (Å²) in [6.45, 7) is 4.45. The first-order valence-corrected chi connectivity index (χ1v) is 10.8. The molecule has 2 rings (SSSR count). The van der Waals surface area contributed by atoms with Crippen molar-refractivity contribution in [2.45, 2.75) is 26.9 Å². The molecule has 0 saturated carbocycles. The van der Waals surface area contributed by atoms with Crippen LogP contribution < -0.4 is 9.47 Å². The predicted octanol–water partition coefficient (Wildman–Crippen LogP) is 3.14. The Morgan fingerprint density at radius 1 is 1.27 bits per heavy atom. The molecule has 1 aliphatic heterocycles. The molecule has 2 amide bonds. The molecule has 1 saturated heterocycles. The summed E-state index contributed by atoms with van der Waals surface area (Å²) in [6, 6.07) is 3.26. The van der Waals surface area contributed by atoms with Crippen molar-refractivity contribution in [1.82, 2.24) is 4.90 Å². The topological polar surface area (TPSA) is 119 Å². The average molecular weight is 549 g/mol. The molecule has 11 heteroatoms. The van der Waals surface area contributed by atoms with Crippen molar-refractivity contribution >= 4 is 63.5 Å². The van der Waals surface area contributed by atoms with E-state index in [1.54, 1.807) is 32.9 Å². The third kappa shape index (κ3) is 6.36. The Morgan fingerprint density at radius 2 is 1.97 bits per heavy atom. The van der Waals surface area contributed by atoms with E-state index in [4.69, 9.17) is 19.3 Å². The molecule has 1 aromatic carbocycles. The molecule has 0 aliphatic carbocycles. The van der Waals surface area contributed by atoms with Gasteiger partial charge in [-0.25, -0.2) is 4.79 Å². The number of hydrogen-bond donors (Lipinski definition) is 1. The molecule has 9 nitrogen and oxygen atoms in total. The molecule has 0 bridgehead atoms. The van der Waals surface area contributed by atoms with E-state index in [0.29, 0.717) is 21.5 Å². The summed E-state index contributed by atoms with van der Waals surface area (Å²) in [7, 11) is 0.